The number of nitrogens with zero attached hydrogens (tertiary/aromatic N) is 2. The maximum absolute atomic E-state index is 12.1. The molecule has 0 spiro atoms. The molecular formula is C16H22ClN5O3. The number of rotatable bonds is 6. The van der Waals surface area contributed by atoms with Gasteiger partial charge in [0.05, 0.1) is 30.3 Å². The van der Waals surface area contributed by atoms with Gasteiger partial charge in [0.15, 0.2) is 0 Å². The van der Waals surface area contributed by atoms with Gasteiger partial charge >= 0.3 is 0 Å². The van der Waals surface area contributed by atoms with Gasteiger partial charge in [-0.25, -0.2) is 0 Å². The Morgan fingerprint density at radius 3 is 2.40 bits per heavy atom. The molecule has 1 heterocycles. The zero-order valence-corrected chi connectivity index (χ0v) is 14.6. The normalized spacial score (nSPS) is 14.9. The predicted molar refractivity (Wildman–Crippen MR) is 95.2 cm³/mol. The number of carbonyl (C=O) groups excluding carboxylic acids is 3. The second-order valence-corrected chi connectivity index (χ2v) is 6.07. The van der Waals surface area contributed by atoms with Gasteiger partial charge in [-0.3, -0.25) is 19.3 Å². The van der Waals surface area contributed by atoms with Crippen molar-refractivity contribution in [2.24, 2.45) is 5.73 Å². The van der Waals surface area contributed by atoms with E-state index in [4.69, 9.17) is 17.3 Å². The number of carbonyl (C=O) groups is 3. The molecule has 25 heavy (non-hydrogen) atoms. The van der Waals surface area contributed by atoms with Crippen molar-refractivity contribution < 1.29 is 14.4 Å². The van der Waals surface area contributed by atoms with Crippen molar-refractivity contribution in [3.63, 3.8) is 0 Å². The molecular weight excluding hydrogens is 346 g/mol. The monoisotopic (exact) mass is 367 g/mol. The number of halogens is 1. The number of anilines is 1. The molecule has 136 valence electrons. The molecule has 1 saturated heterocycles. The Hall–Kier alpha value is -2.16. The second-order valence-electron chi connectivity index (χ2n) is 5.67. The fourth-order valence-electron chi connectivity index (χ4n) is 2.47. The van der Waals surface area contributed by atoms with E-state index in [0.717, 1.165) is 0 Å². The Morgan fingerprint density at radius 1 is 1.08 bits per heavy atom. The summed E-state index contributed by atoms with van der Waals surface area (Å²) in [6, 6.07) is 7.05. The maximum atomic E-state index is 12.1. The molecule has 1 aliphatic heterocycles. The molecule has 0 bridgehead atoms. The van der Waals surface area contributed by atoms with Gasteiger partial charge in [0, 0.05) is 26.2 Å². The van der Waals surface area contributed by atoms with Crippen LogP contribution in [0.3, 0.4) is 0 Å². The summed E-state index contributed by atoms with van der Waals surface area (Å²) in [4.78, 5) is 38.8. The smallest absolute Gasteiger partial charge is 0.242 e. The summed E-state index contributed by atoms with van der Waals surface area (Å²) in [6.45, 7) is 2.24. The lowest BCUT2D eigenvalue weighted by Gasteiger charge is -2.34. The lowest BCUT2D eigenvalue weighted by Crippen LogP contribution is -2.52. The van der Waals surface area contributed by atoms with Crippen LogP contribution >= 0.6 is 11.6 Å². The quantitative estimate of drug-likeness (QED) is 0.628. The van der Waals surface area contributed by atoms with Gasteiger partial charge in [0.2, 0.25) is 17.7 Å². The Morgan fingerprint density at radius 2 is 1.76 bits per heavy atom. The number of para-hydroxylation sites is 1. The third-order valence-electron chi connectivity index (χ3n) is 3.86. The summed E-state index contributed by atoms with van der Waals surface area (Å²) < 4.78 is 0. The van der Waals surface area contributed by atoms with Crippen molar-refractivity contribution in [3.8, 4) is 0 Å². The van der Waals surface area contributed by atoms with Crippen LogP contribution in [0.4, 0.5) is 5.69 Å². The Balaban J connectivity index is 1.73. The van der Waals surface area contributed by atoms with Crippen LogP contribution in [0.5, 0.6) is 0 Å². The number of hydrogen-bond acceptors (Lipinski definition) is 5. The van der Waals surface area contributed by atoms with E-state index in [2.05, 4.69) is 10.6 Å². The van der Waals surface area contributed by atoms with E-state index >= 15 is 0 Å². The third-order valence-corrected chi connectivity index (χ3v) is 4.19. The molecule has 0 aliphatic carbocycles. The number of benzene rings is 1. The van der Waals surface area contributed by atoms with E-state index in [9.17, 15) is 14.4 Å². The molecule has 1 fully saturated rings. The summed E-state index contributed by atoms with van der Waals surface area (Å²) in [5, 5.41) is 5.73. The van der Waals surface area contributed by atoms with Crippen molar-refractivity contribution in [2.45, 2.75) is 0 Å². The van der Waals surface area contributed by atoms with Gasteiger partial charge in [-0.2, -0.15) is 0 Å². The molecule has 0 atom stereocenters. The van der Waals surface area contributed by atoms with E-state index in [0.29, 0.717) is 36.9 Å². The molecule has 0 radical (unpaired) electrons. The summed E-state index contributed by atoms with van der Waals surface area (Å²) in [5.41, 5.74) is 5.76. The van der Waals surface area contributed by atoms with E-state index in [1.807, 2.05) is 4.90 Å². The number of piperazine rings is 1. The van der Waals surface area contributed by atoms with Crippen molar-refractivity contribution in [2.75, 3.05) is 51.1 Å². The molecule has 2 rings (SSSR count). The topological polar surface area (TPSA) is 108 Å². The minimum absolute atomic E-state index is 0.0526. The van der Waals surface area contributed by atoms with Crippen molar-refractivity contribution in [1.82, 2.24) is 15.1 Å². The lowest BCUT2D eigenvalue weighted by molar-refractivity contribution is -0.134. The molecule has 1 aromatic rings. The van der Waals surface area contributed by atoms with Crippen LogP contribution in [0, 0.1) is 0 Å². The molecule has 3 amide bonds. The van der Waals surface area contributed by atoms with Crippen molar-refractivity contribution in [1.29, 1.82) is 0 Å². The summed E-state index contributed by atoms with van der Waals surface area (Å²) in [7, 11) is 0. The molecule has 0 unspecified atom stereocenters. The average Bonchev–Trinajstić information content (AvgIpc) is 2.62. The van der Waals surface area contributed by atoms with Crippen LogP contribution in [-0.4, -0.2) is 73.3 Å². The van der Waals surface area contributed by atoms with E-state index < -0.39 is 0 Å². The highest BCUT2D eigenvalue weighted by molar-refractivity contribution is 6.33. The minimum Gasteiger partial charge on any atom is -0.346 e. The van der Waals surface area contributed by atoms with Gasteiger partial charge in [-0.1, -0.05) is 23.7 Å². The average molecular weight is 368 g/mol. The number of nitrogens with two attached hydrogens (primary N) is 1. The molecule has 1 aliphatic rings. The van der Waals surface area contributed by atoms with Crippen LogP contribution in [0.1, 0.15) is 0 Å². The highest BCUT2D eigenvalue weighted by Gasteiger charge is 2.22. The van der Waals surface area contributed by atoms with Crippen LogP contribution in [0.15, 0.2) is 24.3 Å². The SMILES string of the molecule is NCC(=O)NCC(=O)N1CCN(CC(=O)Nc2ccccc2Cl)CC1. The van der Waals surface area contributed by atoms with Crippen molar-refractivity contribution >= 4 is 35.0 Å². The lowest BCUT2D eigenvalue weighted by atomic mass is 10.3. The van der Waals surface area contributed by atoms with E-state index in [1.54, 1.807) is 29.2 Å². The molecule has 4 N–H and O–H groups in total. The molecule has 8 nitrogen and oxygen atoms in total. The number of hydrogen-bond donors (Lipinski definition) is 3. The molecule has 9 heteroatoms. The third kappa shape index (κ3) is 6.00. The minimum atomic E-state index is -0.358. The fraction of sp³-hybridized carbons (Fsp3) is 0.438. The summed E-state index contributed by atoms with van der Waals surface area (Å²) in [5.74, 6) is -0.659. The first kappa shape index (κ1) is 19.2. The number of nitrogens with one attached hydrogen (secondary N) is 2. The summed E-state index contributed by atoms with van der Waals surface area (Å²) >= 11 is 6.02. The van der Waals surface area contributed by atoms with E-state index in [1.165, 1.54) is 0 Å². The summed E-state index contributed by atoms with van der Waals surface area (Å²) in [6.07, 6.45) is 0. The van der Waals surface area contributed by atoms with Crippen LogP contribution in [-0.2, 0) is 14.4 Å². The highest BCUT2D eigenvalue weighted by Crippen LogP contribution is 2.20. The zero-order chi connectivity index (χ0) is 18.2. The van der Waals surface area contributed by atoms with Crippen molar-refractivity contribution in [3.05, 3.63) is 29.3 Å². The highest BCUT2D eigenvalue weighted by atomic mass is 35.5. The van der Waals surface area contributed by atoms with Crippen LogP contribution < -0.4 is 16.4 Å². The zero-order valence-electron chi connectivity index (χ0n) is 13.8. The van der Waals surface area contributed by atoms with E-state index in [-0.39, 0.29) is 37.4 Å². The van der Waals surface area contributed by atoms with Gasteiger partial charge in [-0.05, 0) is 12.1 Å². The molecule has 0 aromatic heterocycles. The van der Waals surface area contributed by atoms with Crippen LogP contribution in [0.25, 0.3) is 0 Å². The Labute approximate surface area is 151 Å². The van der Waals surface area contributed by atoms with Gasteiger partial charge in [0.25, 0.3) is 0 Å². The maximum Gasteiger partial charge on any atom is 0.242 e. The largest absolute Gasteiger partial charge is 0.346 e. The van der Waals surface area contributed by atoms with Crippen LogP contribution in [0.2, 0.25) is 5.02 Å². The molecule has 1 aromatic carbocycles. The Kier molecular flexibility index (Phi) is 7.17. The fourth-order valence-corrected chi connectivity index (χ4v) is 2.65. The van der Waals surface area contributed by atoms with Gasteiger partial charge in [0.1, 0.15) is 0 Å². The first-order chi connectivity index (χ1) is 12.0. The Bertz CT molecular complexity index is 632. The predicted octanol–water partition coefficient (Wildman–Crippen LogP) is -0.502. The van der Waals surface area contributed by atoms with Gasteiger partial charge < -0.3 is 21.3 Å². The van der Waals surface area contributed by atoms with Gasteiger partial charge in [-0.15, -0.1) is 0 Å². The number of amides is 3. The molecule has 0 saturated carbocycles. The first-order valence-corrected chi connectivity index (χ1v) is 8.38. The second kappa shape index (κ2) is 9.36. The first-order valence-electron chi connectivity index (χ1n) is 8.01. The standard InChI is InChI=1S/C16H22ClN5O3/c17-12-3-1-2-4-13(12)20-15(24)11-21-5-7-22(8-6-21)16(25)10-19-14(23)9-18/h1-4H,5-11,18H2,(H,19,23)(H,20,24).